The highest BCUT2D eigenvalue weighted by Gasteiger charge is 2.44. The van der Waals surface area contributed by atoms with E-state index in [-0.39, 0.29) is 0 Å². The number of nitrogens with one attached hydrogen (secondary N) is 1. The number of carboxylic acids is 1. The molecule has 102 valence electrons. The molecule has 0 saturated heterocycles. The van der Waals surface area contributed by atoms with E-state index in [1.54, 1.807) is 18.2 Å². The van der Waals surface area contributed by atoms with Gasteiger partial charge in [0, 0.05) is 16.9 Å². The van der Waals surface area contributed by atoms with Crippen molar-refractivity contribution < 1.29 is 23.1 Å². The summed E-state index contributed by atoms with van der Waals surface area (Å²) >= 11 is 1.53. The number of halogens is 3. The van der Waals surface area contributed by atoms with Crippen molar-refractivity contribution in [2.75, 3.05) is 11.9 Å². The first-order valence-electron chi connectivity index (χ1n) is 5.38. The van der Waals surface area contributed by atoms with E-state index < -0.39 is 24.6 Å². The summed E-state index contributed by atoms with van der Waals surface area (Å²) in [4.78, 5) is 10.6. The second kappa shape index (κ2) is 5.08. The van der Waals surface area contributed by atoms with Gasteiger partial charge in [-0.15, -0.1) is 11.3 Å². The Hall–Kier alpha value is -1.76. The molecule has 0 amide bonds. The predicted octanol–water partition coefficient (Wildman–Crippen LogP) is 3.58. The number of fused-ring (bicyclic) bond motifs is 1. The number of aliphatic carboxylic acids is 1. The largest absolute Gasteiger partial charge is 0.481 e. The molecule has 0 fully saturated rings. The number of anilines is 1. The number of thiophene rings is 1. The Morgan fingerprint density at radius 3 is 2.74 bits per heavy atom. The van der Waals surface area contributed by atoms with Crippen molar-refractivity contribution >= 4 is 33.1 Å². The smallest absolute Gasteiger partial charge is 0.403 e. The minimum Gasteiger partial charge on any atom is -0.481 e. The molecule has 0 aliphatic rings. The van der Waals surface area contributed by atoms with Crippen molar-refractivity contribution in [3.05, 3.63) is 29.6 Å². The number of hydrogen-bond donors (Lipinski definition) is 2. The molecule has 3 nitrogen and oxygen atoms in total. The van der Waals surface area contributed by atoms with Gasteiger partial charge in [0.1, 0.15) is 0 Å². The molecule has 2 rings (SSSR count). The summed E-state index contributed by atoms with van der Waals surface area (Å²) < 4.78 is 38.4. The molecular formula is C12H10F3NO2S. The highest BCUT2D eigenvalue weighted by atomic mass is 32.1. The molecule has 2 N–H and O–H groups in total. The van der Waals surface area contributed by atoms with Crippen LogP contribution in [0.2, 0.25) is 0 Å². The molecule has 0 spiro atoms. The van der Waals surface area contributed by atoms with Gasteiger partial charge in [0.05, 0.1) is 0 Å². The standard InChI is InChI=1S/C12H10F3NO2S/c13-12(14,15)9(11(17)18)6-16-8-1-2-10-7(5-8)3-4-19-10/h1-5,9,16H,6H2,(H,17,18). The molecule has 1 heterocycles. The maximum atomic E-state index is 12.5. The Morgan fingerprint density at radius 1 is 1.37 bits per heavy atom. The van der Waals surface area contributed by atoms with Crippen LogP contribution >= 0.6 is 11.3 Å². The molecule has 0 saturated carbocycles. The summed E-state index contributed by atoms with van der Waals surface area (Å²) in [5.74, 6) is -4.29. The van der Waals surface area contributed by atoms with E-state index in [4.69, 9.17) is 5.11 Å². The molecule has 0 aliphatic heterocycles. The number of hydrogen-bond acceptors (Lipinski definition) is 3. The first-order chi connectivity index (χ1) is 8.88. The molecule has 0 aliphatic carbocycles. The lowest BCUT2D eigenvalue weighted by Gasteiger charge is -2.17. The van der Waals surface area contributed by atoms with Crippen LogP contribution in [0.4, 0.5) is 18.9 Å². The summed E-state index contributed by atoms with van der Waals surface area (Å²) in [5, 5.41) is 13.9. The summed E-state index contributed by atoms with van der Waals surface area (Å²) in [6, 6.07) is 6.96. The van der Waals surface area contributed by atoms with Gasteiger partial charge in [0.25, 0.3) is 0 Å². The molecule has 2 aromatic rings. The highest BCUT2D eigenvalue weighted by molar-refractivity contribution is 7.17. The van der Waals surface area contributed by atoms with Gasteiger partial charge in [0.2, 0.25) is 0 Å². The van der Waals surface area contributed by atoms with Crippen LogP contribution in [-0.4, -0.2) is 23.8 Å². The van der Waals surface area contributed by atoms with E-state index >= 15 is 0 Å². The first kappa shape index (κ1) is 13.7. The molecular weight excluding hydrogens is 279 g/mol. The van der Waals surface area contributed by atoms with Gasteiger partial charge in [-0.25, -0.2) is 0 Å². The topological polar surface area (TPSA) is 49.3 Å². The quantitative estimate of drug-likeness (QED) is 0.904. The Bertz CT molecular complexity index is 594. The van der Waals surface area contributed by atoms with E-state index in [1.807, 2.05) is 11.4 Å². The van der Waals surface area contributed by atoms with E-state index in [0.717, 1.165) is 10.1 Å². The molecule has 0 radical (unpaired) electrons. The van der Waals surface area contributed by atoms with Crippen molar-refractivity contribution in [3.8, 4) is 0 Å². The van der Waals surface area contributed by atoms with Crippen molar-refractivity contribution in [1.82, 2.24) is 0 Å². The molecule has 19 heavy (non-hydrogen) atoms. The van der Waals surface area contributed by atoms with E-state index in [1.165, 1.54) is 11.3 Å². The van der Waals surface area contributed by atoms with Gasteiger partial charge in [0.15, 0.2) is 5.92 Å². The van der Waals surface area contributed by atoms with Crippen LogP contribution in [0.15, 0.2) is 29.6 Å². The van der Waals surface area contributed by atoms with Crippen molar-refractivity contribution in [2.24, 2.45) is 5.92 Å². The summed E-state index contributed by atoms with van der Waals surface area (Å²) in [5.41, 5.74) is 0.474. The highest BCUT2D eigenvalue weighted by Crippen LogP contribution is 2.28. The monoisotopic (exact) mass is 289 g/mol. The fourth-order valence-corrected chi connectivity index (χ4v) is 2.41. The van der Waals surface area contributed by atoms with E-state index in [0.29, 0.717) is 5.69 Å². The van der Waals surface area contributed by atoms with Gasteiger partial charge in [-0.05, 0) is 35.0 Å². The van der Waals surface area contributed by atoms with Gasteiger partial charge < -0.3 is 10.4 Å². The maximum absolute atomic E-state index is 12.5. The van der Waals surface area contributed by atoms with Crippen molar-refractivity contribution in [3.63, 3.8) is 0 Å². The van der Waals surface area contributed by atoms with Crippen molar-refractivity contribution in [1.29, 1.82) is 0 Å². The number of carboxylic acid groups (broad SMARTS) is 1. The summed E-state index contributed by atoms with van der Waals surface area (Å²) in [6.45, 7) is -0.686. The average molecular weight is 289 g/mol. The van der Waals surface area contributed by atoms with Crippen LogP contribution < -0.4 is 5.32 Å². The maximum Gasteiger partial charge on any atom is 0.403 e. The van der Waals surface area contributed by atoms with Crippen LogP contribution in [0.25, 0.3) is 10.1 Å². The van der Waals surface area contributed by atoms with Gasteiger partial charge >= 0.3 is 12.1 Å². The fourth-order valence-electron chi connectivity index (χ4n) is 1.64. The minimum absolute atomic E-state index is 0.474. The molecule has 7 heteroatoms. The zero-order chi connectivity index (χ0) is 14.0. The molecule has 1 aromatic carbocycles. The van der Waals surface area contributed by atoms with Crippen LogP contribution in [0.3, 0.4) is 0 Å². The lowest BCUT2D eigenvalue weighted by molar-refractivity contribution is -0.190. The Morgan fingerprint density at radius 2 is 2.11 bits per heavy atom. The Labute approximate surface area is 110 Å². The van der Waals surface area contributed by atoms with E-state index in [2.05, 4.69) is 5.32 Å². The molecule has 1 aromatic heterocycles. The SMILES string of the molecule is O=C(O)C(CNc1ccc2sccc2c1)C(F)(F)F. The zero-order valence-corrected chi connectivity index (χ0v) is 10.4. The third kappa shape index (κ3) is 3.17. The number of carbonyl (C=O) groups is 1. The van der Waals surface area contributed by atoms with Crippen LogP contribution in [-0.2, 0) is 4.79 Å². The van der Waals surface area contributed by atoms with Crippen LogP contribution in [0.5, 0.6) is 0 Å². The Kier molecular flexibility index (Phi) is 3.66. The Balaban J connectivity index is 2.10. The third-order valence-electron chi connectivity index (χ3n) is 2.66. The summed E-state index contributed by atoms with van der Waals surface area (Å²) in [6.07, 6.45) is -4.76. The van der Waals surface area contributed by atoms with Gasteiger partial charge in [-0.3, -0.25) is 4.79 Å². The lowest BCUT2D eigenvalue weighted by Crippen LogP contribution is -2.36. The fraction of sp³-hybridized carbons (Fsp3) is 0.250. The first-order valence-corrected chi connectivity index (χ1v) is 6.26. The number of alkyl halides is 3. The van der Waals surface area contributed by atoms with E-state index in [9.17, 15) is 18.0 Å². The van der Waals surface area contributed by atoms with Gasteiger partial charge in [-0.1, -0.05) is 0 Å². The lowest BCUT2D eigenvalue weighted by atomic mass is 10.1. The second-order valence-corrected chi connectivity index (χ2v) is 4.93. The van der Waals surface area contributed by atoms with Crippen LogP contribution in [0, 0.1) is 5.92 Å². The number of benzene rings is 1. The molecule has 1 unspecified atom stereocenters. The summed E-state index contributed by atoms with van der Waals surface area (Å²) in [7, 11) is 0. The molecule has 0 bridgehead atoms. The van der Waals surface area contributed by atoms with Crippen LogP contribution in [0.1, 0.15) is 0 Å². The van der Waals surface area contributed by atoms with Gasteiger partial charge in [-0.2, -0.15) is 13.2 Å². The average Bonchev–Trinajstić information content (AvgIpc) is 2.73. The second-order valence-electron chi connectivity index (χ2n) is 3.99. The van der Waals surface area contributed by atoms with Crippen molar-refractivity contribution in [2.45, 2.75) is 6.18 Å². The third-order valence-corrected chi connectivity index (χ3v) is 3.55. The zero-order valence-electron chi connectivity index (χ0n) is 9.57. The normalized spacial score (nSPS) is 13.4. The number of rotatable bonds is 4. The minimum atomic E-state index is -4.76. The predicted molar refractivity (Wildman–Crippen MR) is 67.5 cm³/mol. The molecule has 1 atom stereocenters.